The van der Waals surface area contributed by atoms with Crippen molar-refractivity contribution in [2.45, 2.75) is 13.3 Å². The molecule has 0 aromatic heterocycles. The monoisotopic (exact) mass is 271 g/mol. The van der Waals surface area contributed by atoms with E-state index >= 15 is 0 Å². The van der Waals surface area contributed by atoms with Crippen molar-refractivity contribution >= 4 is 21.8 Å². The van der Waals surface area contributed by atoms with Crippen LogP contribution < -0.4 is 5.32 Å². The van der Waals surface area contributed by atoms with Crippen LogP contribution in [0.3, 0.4) is 0 Å². The van der Waals surface area contributed by atoms with Gasteiger partial charge in [-0.3, -0.25) is 4.79 Å². The summed E-state index contributed by atoms with van der Waals surface area (Å²) in [7, 11) is 0. The maximum absolute atomic E-state index is 11.6. The Labute approximate surface area is 97.6 Å². The summed E-state index contributed by atoms with van der Waals surface area (Å²) in [6.07, 6.45) is 0.582. The molecule has 0 radical (unpaired) electrons. The minimum absolute atomic E-state index is 0.0951. The predicted octanol–water partition coefficient (Wildman–Crippen LogP) is 1.87. The molecule has 0 bridgehead atoms. The van der Waals surface area contributed by atoms with Gasteiger partial charge in [0.15, 0.2) is 0 Å². The van der Waals surface area contributed by atoms with Gasteiger partial charge in [0, 0.05) is 23.2 Å². The van der Waals surface area contributed by atoms with E-state index in [0.29, 0.717) is 18.5 Å². The molecule has 0 heterocycles. The molecule has 0 unspecified atom stereocenters. The maximum Gasteiger partial charge on any atom is 0.251 e. The lowest BCUT2D eigenvalue weighted by Crippen LogP contribution is -2.24. The number of aryl methyl sites for hydroxylation is 1. The molecular formula is C11H14BrNO2. The Morgan fingerprint density at radius 2 is 2.27 bits per heavy atom. The van der Waals surface area contributed by atoms with Gasteiger partial charge in [0.2, 0.25) is 0 Å². The lowest BCUT2D eigenvalue weighted by molar-refractivity contribution is 0.0951. The van der Waals surface area contributed by atoms with Crippen molar-refractivity contribution < 1.29 is 9.90 Å². The number of hydrogen-bond acceptors (Lipinski definition) is 2. The molecule has 0 fully saturated rings. The third-order valence-electron chi connectivity index (χ3n) is 2.05. The van der Waals surface area contributed by atoms with Crippen LogP contribution in [0.1, 0.15) is 22.3 Å². The van der Waals surface area contributed by atoms with Crippen LogP contribution >= 0.6 is 15.9 Å². The van der Waals surface area contributed by atoms with Crippen LogP contribution in [0.25, 0.3) is 0 Å². The van der Waals surface area contributed by atoms with E-state index < -0.39 is 0 Å². The standard InChI is InChI=1S/C11H14BrNO2/c1-8-3-4-9(7-10(8)12)11(15)13-5-2-6-14/h3-4,7,14H,2,5-6H2,1H3,(H,13,15). The fourth-order valence-electron chi connectivity index (χ4n) is 1.12. The van der Waals surface area contributed by atoms with Gasteiger partial charge >= 0.3 is 0 Å². The summed E-state index contributed by atoms with van der Waals surface area (Å²) in [5.41, 5.74) is 1.73. The van der Waals surface area contributed by atoms with Crippen LogP contribution in [-0.4, -0.2) is 24.2 Å². The summed E-state index contributed by atoms with van der Waals surface area (Å²) in [4.78, 5) is 11.6. The third-order valence-corrected chi connectivity index (χ3v) is 2.91. The van der Waals surface area contributed by atoms with Crippen molar-refractivity contribution in [2.24, 2.45) is 0 Å². The van der Waals surface area contributed by atoms with E-state index in [0.717, 1.165) is 10.0 Å². The molecule has 1 aromatic rings. The molecule has 2 N–H and O–H groups in total. The quantitative estimate of drug-likeness (QED) is 0.822. The van der Waals surface area contributed by atoms with Gasteiger partial charge in [0.25, 0.3) is 5.91 Å². The average molecular weight is 272 g/mol. The van der Waals surface area contributed by atoms with Crippen molar-refractivity contribution in [1.82, 2.24) is 5.32 Å². The minimum atomic E-state index is -0.107. The maximum atomic E-state index is 11.6. The minimum Gasteiger partial charge on any atom is -0.396 e. The molecule has 1 rings (SSSR count). The molecule has 4 heteroatoms. The highest BCUT2D eigenvalue weighted by atomic mass is 79.9. The summed E-state index contributed by atoms with van der Waals surface area (Å²) in [6, 6.07) is 5.48. The molecule has 0 spiro atoms. The molecule has 0 atom stereocenters. The molecule has 0 aliphatic carbocycles. The molecule has 0 aliphatic rings. The predicted molar refractivity (Wildman–Crippen MR) is 62.9 cm³/mol. The van der Waals surface area contributed by atoms with E-state index in [1.165, 1.54) is 0 Å². The number of hydrogen-bond donors (Lipinski definition) is 2. The van der Waals surface area contributed by atoms with Gasteiger partial charge in [0.05, 0.1) is 0 Å². The summed E-state index contributed by atoms with van der Waals surface area (Å²) < 4.78 is 0.928. The fraction of sp³-hybridized carbons (Fsp3) is 0.364. The number of rotatable bonds is 4. The number of amides is 1. The van der Waals surface area contributed by atoms with Gasteiger partial charge in [-0.1, -0.05) is 22.0 Å². The molecule has 15 heavy (non-hydrogen) atoms. The Morgan fingerprint density at radius 1 is 1.53 bits per heavy atom. The van der Waals surface area contributed by atoms with Crippen molar-refractivity contribution in [3.05, 3.63) is 33.8 Å². The number of benzene rings is 1. The number of aliphatic hydroxyl groups excluding tert-OH is 1. The van der Waals surface area contributed by atoms with E-state index in [2.05, 4.69) is 21.2 Å². The highest BCUT2D eigenvalue weighted by Gasteiger charge is 2.05. The van der Waals surface area contributed by atoms with Crippen LogP contribution in [-0.2, 0) is 0 Å². The average Bonchev–Trinajstić information content (AvgIpc) is 2.22. The second-order valence-electron chi connectivity index (χ2n) is 3.30. The number of carbonyl (C=O) groups excluding carboxylic acids is 1. The molecule has 0 saturated heterocycles. The fourth-order valence-corrected chi connectivity index (χ4v) is 1.50. The van der Waals surface area contributed by atoms with Gasteiger partial charge in [-0.15, -0.1) is 0 Å². The van der Waals surface area contributed by atoms with Gasteiger partial charge in [-0.25, -0.2) is 0 Å². The van der Waals surface area contributed by atoms with Crippen LogP contribution in [0.5, 0.6) is 0 Å². The lowest BCUT2D eigenvalue weighted by Gasteiger charge is -2.05. The van der Waals surface area contributed by atoms with Gasteiger partial charge in [0.1, 0.15) is 0 Å². The summed E-state index contributed by atoms with van der Waals surface area (Å²) >= 11 is 3.38. The molecular weight excluding hydrogens is 258 g/mol. The zero-order valence-corrected chi connectivity index (χ0v) is 10.2. The Kier molecular flexibility index (Phi) is 4.78. The molecule has 0 aliphatic heterocycles. The SMILES string of the molecule is Cc1ccc(C(=O)NCCCO)cc1Br. The van der Waals surface area contributed by atoms with Crippen molar-refractivity contribution in [2.75, 3.05) is 13.2 Å². The van der Waals surface area contributed by atoms with Gasteiger partial charge in [-0.2, -0.15) is 0 Å². The molecule has 3 nitrogen and oxygen atoms in total. The van der Waals surface area contributed by atoms with E-state index in [-0.39, 0.29) is 12.5 Å². The first kappa shape index (κ1) is 12.2. The zero-order valence-electron chi connectivity index (χ0n) is 8.59. The van der Waals surface area contributed by atoms with E-state index in [1.54, 1.807) is 12.1 Å². The van der Waals surface area contributed by atoms with Gasteiger partial charge < -0.3 is 10.4 Å². The Morgan fingerprint density at radius 3 is 2.87 bits per heavy atom. The van der Waals surface area contributed by atoms with Crippen LogP contribution in [0.4, 0.5) is 0 Å². The molecule has 1 amide bonds. The number of nitrogens with one attached hydrogen (secondary N) is 1. The van der Waals surface area contributed by atoms with E-state index in [9.17, 15) is 4.79 Å². The van der Waals surface area contributed by atoms with Crippen LogP contribution in [0.15, 0.2) is 22.7 Å². The Hall–Kier alpha value is -0.870. The molecule has 82 valence electrons. The highest BCUT2D eigenvalue weighted by molar-refractivity contribution is 9.10. The van der Waals surface area contributed by atoms with Crippen LogP contribution in [0.2, 0.25) is 0 Å². The summed E-state index contributed by atoms with van der Waals surface area (Å²) in [5.74, 6) is -0.107. The molecule has 1 aromatic carbocycles. The largest absolute Gasteiger partial charge is 0.396 e. The van der Waals surface area contributed by atoms with Crippen molar-refractivity contribution in [3.8, 4) is 0 Å². The van der Waals surface area contributed by atoms with Crippen molar-refractivity contribution in [3.63, 3.8) is 0 Å². The molecule has 0 saturated carbocycles. The smallest absolute Gasteiger partial charge is 0.251 e. The normalized spacial score (nSPS) is 10.1. The topological polar surface area (TPSA) is 49.3 Å². The highest BCUT2D eigenvalue weighted by Crippen LogP contribution is 2.17. The number of carbonyl (C=O) groups is 1. The second-order valence-corrected chi connectivity index (χ2v) is 4.15. The van der Waals surface area contributed by atoms with E-state index in [4.69, 9.17) is 5.11 Å². The first-order valence-electron chi connectivity index (χ1n) is 4.80. The third kappa shape index (κ3) is 3.64. The number of halogens is 1. The van der Waals surface area contributed by atoms with Gasteiger partial charge in [-0.05, 0) is 31.0 Å². The Balaban J connectivity index is 2.62. The summed E-state index contributed by atoms with van der Waals surface area (Å²) in [6.45, 7) is 2.57. The number of aliphatic hydroxyl groups is 1. The van der Waals surface area contributed by atoms with Crippen molar-refractivity contribution in [1.29, 1.82) is 0 Å². The lowest BCUT2D eigenvalue weighted by atomic mass is 10.1. The zero-order chi connectivity index (χ0) is 11.3. The Bertz CT molecular complexity index is 352. The van der Waals surface area contributed by atoms with Crippen LogP contribution in [0, 0.1) is 6.92 Å². The van der Waals surface area contributed by atoms with E-state index in [1.807, 2.05) is 13.0 Å². The first-order chi connectivity index (χ1) is 7.15. The summed E-state index contributed by atoms with van der Waals surface area (Å²) in [5, 5.41) is 11.3. The second kappa shape index (κ2) is 5.88. The first-order valence-corrected chi connectivity index (χ1v) is 5.59.